The minimum atomic E-state index is -8.50. The molecule has 0 aromatic carbocycles. The maximum atomic E-state index is 13.0. The second-order valence-corrected chi connectivity index (χ2v) is 4.24. The van der Waals surface area contributed by atoms with Gasteiger partial charge < -0.3 is 9.90 Å². The number of carboxylic acid groups (broad SMARTS) is 1. The van der Waals surface area contributed by atoms with Gasteiger partial charge in [0, 0.05) is 0 Å². The van der Waals surface area contributed by atoms with Crippen LogP contribution in [0.5, 0.6) is 0 Å². The molecular formula is C8F15NaO2. The molecule has 0 aliphatic carbocycles. The van der Waals surface area contributed by atoms with E-state index in [1.54, 1.807) is 0 Å². The van der Waals surface area contributed by atoms with Gasteiger partial charge in [0.15, 0.2) is 0 Å². The Morgan fingerprint density at radius 2 is 0.769 bits per heavy atom. The first-order valence-corrected chi connectivity index (χ1v) is 4.99. The topological polar surface area (TPSA) is 40.1 Å². The van der Waals surface area contributed by atoms with E-state index in [9.17, 15) is 75.8 Å². The van der Waals surface area contributed by atoms with Crippen LogP contribution in [0.2, 0.25) is 0 Å². The Morgan fingerprint density at radius 1 is 0.500 bits per heavy atom. The first-order chi connectivity index (χ1) is 10.4. The van der Waals surface area contributed by atoms with E-state index in [0.717, 1.165) is 0 Å². The quantitative estimate of drug-likeness (QED) is 0.454. The van der Waals surface area contributed by atoms with E-state index in [-0.39, 0.29) is 29.6 Å². The van der Waals surface area contributed by atoms with Crippen LogP contribution < -0.4 is 34.7 Å². The van der Waals surface area contributed by atoms with Crippen molar-refractivity contribution in [1.82, 2.24) is 0 Å². The Bertz CT molecular complexity index is 535. The van der Waals surface area contributed by atoms with E-state index in [0.29, 0.717) is 0 Å². The van der Waals surface area contributed by atoms with Crippen LogP contribution in [0.4, 0.5) is 65.9 Å². The molecular weight excluding hydrogens is 436 g/mol. The fourth-order valence-electron chi connectivity index (χ4n) is 1.21. The molecule has 18 heteroatoms. The number of rotatable bonds is 5. The van der Waals surface area contributed by atoms with Gasteiger partial charge in [-0.2, -0.15) is 61.5 Å². The zero-order chi connectivity index (χ0) is 21.1. The SMILES string of the molecule is O=C([O-])C(F)(C(F)(F)F)C(F)(F)C(F)(F)C(F)(F)C(F)(F)C(F)(F)F.[Na+]. The predicted octanol–water partition coefficient (Wildman–Crippen LogP) is 0.114. The minimum Gasteiger partial charge on any atom is -0.546 e. The van der Waals surface area contributed by atoms with Crippen LogP contribution in [0, 0.1) is 0 Å². The third-order valence-corrected chi connectivity index (χ3v) is 2.64. The molecule has 0 aromatic rings. The third kappa shape index (κ3) is 3.33. The second-order valence-electron chi connectivity index (χ2n) is 4.24. The molecule has 0 amide bonds. The Kier molecular flexibility index (Phi) is 7.22. The molecule has 0 N–H and O–H groups in total. The number of alkyl halides is 15. The van der Waals surface area contributed by atoms with Crippen LogP contribution in [-0.2, 0) is 4.79 Å². The van der Waals surface area contributed by atoms with Gasteiger partial charge in [0.25, 0.3) is 0 Å². The molecule has 1 atom stereocenters. The second kappa shape index (κ2) is 6.79. The van der Waals surface area contributed by atoms with Gasteiger partial charge in [0.1, 0.15) is 0 Å². The summed E-state index contributed by atoms with van der Waals surface area (Å²) in [4.78, 5) is 9.86. The first kappa shape index (κ1) is 27.6. The largest absolute Gasteiger partial charge is 1.00 e. The summed E-state index contributed by atoms with van der Waals surface area (Å²) in [5.41, 5.74) is -7.74. The first-order valence-electron chi connectivity index (χ1n) is 4.99. The van der Waals surface area contributed by atoms with Crippen molar-refractivity contribution in [3.63, 3.8) is 0 Å². The standard InChI is InChI=1S/C8HF15O2.Na/c9-2(1(24)25,7(18,19)20)3(10,11)4(12,13)5(14,15)6(16,17)8(21,22)23;/h(H,24,25);/q;+1/p-1. The zero-order valence-corrected chi connectivity index (χ0v) is 13.5. The molecule has 2 nitrogen and oxygen atoms in total. The Morgan fingerprint density at radius 3 is 0.962 bits per heavy atom. The molecule has 0 bridgehead atoms. The Balaban J connectivity index is 0. The van der Waals surface area contributed by atoms with Crippen molar-refractivity contribution in [2.24, 2.45) is 0 Å². The van der Waals surface area contributed by atoms with Crippen molar-refractivity contribution in [2.45, 2.75) is 41.7 Å². The molecule has 0 aliphatic heterocycles. The summed E-state index contributed by atoms with van der Waals surface area (Å²) >= 11 is 0. The van der Waals surface area contributed by atoms with Crippen molar-refractivity contribution in [2.75, 3.05) is 0 Å². The van der Waals surface area contributed by atoms with Gasteiger partial charge in [-0.3, -0.25) is 0 Å². The molecule has 0 aliphatic rings. The van der Waals surface area contributed by atoms with Crippen LogP contribution in [-0.4, -0.2) is 47.7 Å². The van der Waals surface area contributed by atoms with Crippen molar-refractivity contribution < 1.29 is 105 Å². The van der Waals surface area contributed by atoms with Crippen LogP contribution in [0.25, 0.3) is 0 Å². The maximum absolute atomic E-state index is 13.0. The number of aliphatic carboxylic acids is 1. The molecule has 0 spiro atoms. The number of carboxylic acids is 1. The van der Waals surface area contributed by atoms with Crippen molar-refractivity contribution in [3.05, 3.63) is 0 Å². The van der Waals surface area contributed by atoms with Crippen LogP contribution in [0.15, 0.2) is 0 Å². The summed E-state index contributed by atoms with van der Waals surface area (Å²) in [5.74, 6) is -38.2. The Hall–Kier alpha value is -0.580. The summed E-state index contributed by atoms with van der Waals surface area (Å²) in [6, 6.07) is 0. The molecule has 1 unspecified atom stereocenters. The fraction of sp³-hybridized carbons (Fsp3) is 0.875. The van der Waals surface area contributed by atoms with Crippen LogP contribution >= 0.6 is 0 Å². The number of halogens is 15. The summed E-state index contributed by atoms with van der Waals surface area (Å²) in [6.45, 7) is 0. The van der Waals surface area contributed by atoms with Gasteiger partial charge in [-0.05, 0) is 0 Å². The van der Waals surface area contributed by atoms with E-state index in [1.165, 1.54) is 0 Å². The number of hydrogen-bond donors (Lipinski definition) is 0. The Labute approximate surface area is 153 Å². The molecule has 0 saturated heterocycles. The zero-order valence-electron chi connectivity index (χ0n) is 11.5. The minimum absolute atomic E-state index is 0. The average molecular weight is 436 g/mol. The van der Waals surface area contributed by atoms with Crippen LogP contribution in [0.3, 0.4) is 0 Å². The summed E-state index contributed by atoms with van der Waals surface area (Å²) in [5, 5.41) is 9.86. The van der Waals surface area contributed by atoms with Crippen LogP contribution in [0.1, 0.15) is 0 Å². The van der Waals surface area contributed by atoms with Gasteiger partial charge in [0.2, 0.25) is 0 Å². The molecule has 0 aromatic heterocycles. The normalized spacial score (nSPS) is 17.3. The van der Waals surface area contributed by atoms with Gasteiger partial charge in [0.05, 0.1) is 5.97 Å². The van der Waals surface area contributed by atoms with E-state index in [1.807, 2.05) is 0 Å². The maximum Gasteiger partial charge on any atom is 1.00 e. The monoisotopic (exact) mass is 436 g/mol. The summed E-state index contributed by atoms with van der Waals surface area (Å²) < 4.78 is 186. The molecule has 150 valence electrons. The van der Waals surface area contributed by atoms with Crippen molar-refractivity contribution in [1.29, 1.82) is 0 Å². The molecule has 0 saturated carbocycles. The van der Waals surface area contributed by atoms with Gasteiger partial charge in [-0.25, -0.2) is 4.39 Å². The third-order valence-electron chi connectivity index (χ3n) is 2.64. The van der Waals surface area contributed by atoms with E-state index in [4.69, 9.17) is 0 Å². The smallest absolute Gasteiger partial charge is 0.546 e. The van der Waals surface area contributed by atoms with Gasteiger partial charge in [-0.15, -0.1) is 0 Å². The molecule has 0 fully saturated rings. The molecule has 0 rings (SSSR count). The fourth-order valence-corrected chi connectivity index (χ4v) is 1.21. The van der Waals surface area contributed by atoms with Crippen molar-refractivity contribution >= 4 is 5.97 Å². The number of hydrogen-bond acceptors (Lipinski definition) is 2. The number of carbonyl (C=O) groups is 1. The summed E-state index contributed by atoms with van der Waals surface area (Å²) in [7, 11) is 0. The van der Waals surface area contributed by atoms with E-state index < -0.39 is 47.7 Å². The van der Waals surface area contributed by atoms with Gasteiger partial charge >= 0.3 is 71.3 Å². The molecule has 0 heterocycles. The molecule has 0 radical (unpaired) electrons. The van der Waals surface area contributed by atoms with Gasteiger partial charge in [-0.1, -0.05) is 0 Å². The van der Waals surface area contributed by atoms with Crippen molar-refractivity contribution in [3.8, 4) is 0 Å². The molecule has 26 heavy (non-hydrogen) atoms. The predicted molar refractivity (Wildman–Crippen MR) is 40.7 cm³/mol. The summed E-state index contributed by atoms with van der Waals surface area (Å²) in [6.07, 6.45) is -15.4. The van der Waals surface area contributed by atoms with E-state index in [2.05, 4.69) is 0 Å². The van der Waals surface area contributed by atoms with E-state index >= 15 is 0 Å². The number of carbonyl (C=O) groups excluding carboxylic acids is 1. The average Bonchev–Trinajstić information content (AvgIpc) is 2.33.